The molecule has 210 valence electrons. The number of rotatable bonds is 3. The van der Waals surface area contributed by atoms with Gasteiger partial charge in [-0.2, -0.15) is 0 Å². The Hall–Kier alpha value is -1.55. The van der Waals surface area contributed by atoms with Crippen molar-refractivity contribution in [2.45, 2.75) is 120 Å². The zero-order valence-corrected chi connectivity index (χ0v) is 22.6. The summed E-state index contributed by atoms with van der Waals surface area (Å²) in [6, 6.07) is 3.36. The maximum atomic E-state index is 12.4. The fourth-order valence-corrected chi connectivity index (χ4v) is 9.17. The molecule has 0 spiro atoms. The summed E-state index contributed by atoms with van der Waals surface area (Å²) in [5.74, 6) is 0.759. The number of hydrogen-bond donors (Lipinski definition) is 4. The van der Waals surface area contributed by atoms with Crippen molar-refractivity contribution in [3.63, 3.8) is 0 Å². The summed E-state index contributed by atoms with van der Waals surface area (Å²) in [5, 5.41) is 43.0. The number of aliphatic hydroxyl groups excluding tert-OH is 3. The Morgan fingerprint density at radius 1 is 0.947 bits per heavy atom. The van der Waals surface area contributed by atoms with Gasteiger partial charge in [-0.05, 0) is 93.1 Å². The SMILES string of the molecule is C[C@@H]1O[C@@H](O[C@@H]2C=C3CC[C@@H]4[C@H](CC[C@]5(C)[C@@H](c6ccc(=O)oc6)CC[C@@]45O)[C@@]3(C)CC2)[C@H](O)[C@H](O)[C@H]1O. The molecule has 5 aliphatic rings. The minimum atomic E-state index is -1.31. The third-order valence-electron chi connectivity index (χ3n) is 11.5. The molecular formula is C30H42O8. The van der Waals surface area contributed by atoms with Gasteiger partial charge in [0.15, 0.2) is 6.29 Å². The van der Waals surface area contributed by atoms with Gasteiger partial charge in [-0.25, -0.2) is 4.79 Å². The minimum Gasteiger partial charge on any atom is -0.431 e. The molecule has 0 amide bonds. The molecule has 4 fully saturated rings. The van der Waals surface area contributed by atoms with E-state index in [9.17, 15) is 25.2 Å². The predicted octanol–water partition coefficient (Wildman–Crippen LogP) is 3.01. The van der Waals surface area contributed by atoms with Crippen LogP contribution in [0, 0.1) is 22.7 Å². The molecular weight excluding hydrogens is 488 g/mol. The van der Waals surface area contributed by atoms with Crippen LogP contribution in [0.1, 0.15) is 83.6 Å². The van der Waals surface area contributed by atoms with E-state index in [-0.39, 0.29) is 34.4 Å². The number of aliphatic hydroxyl groups is 4. The molecule has 38 heavy (non-hydrogen) atoms. The molecule has 4 N–H and O–H groups in total. The average molecular weight is 531 g/mol. The van der Waals surface area contributed by atoms with Crippen LogP contribution in [-0.2, 0) is 9.47 Å². The van der Waals surface area contributed by atoms with Gasteiger partial charge in [0.25, 0.3) is 0 Å². The number of fused-ring (bicyclic) bond motifs is 5. The lowest BCUT2D eigenvalue weighted by molar-refractivity contribution is -0.301. The van der Waals surface area contributed by atoms with Gasteiger partial charge in [-0.3, -0.25) is 0 Å². The van der Waals surface area contributed by atoms with Gasteiger partial charge in [0.1, 0.15) is 18.3 Å². The summed E-state index contributed by atoms with van der Waals surface area (Å²) in [7, 11) is 0. The van der Waals surface area contributed by atoms with Crippen molar-refractivity contribution in [2.75, 3.05) is 0 Å². The van der Waals surface area contributed by atoms with Gasteiger partial charge < -0.3 is 34.3 Å². The van der Waals surface area contributed by atoms with Crippen LogP contribution in [0.5, 0.6) is 0 Å². The standard InChI is InChI=1S/C30H42O8/c1-16-24(32)25(33)26(34)27(37-16)38-19-8-11-28(2)18(14-19)5-6-22-21(28)9-12-29(3)20(10-13-30(22,29)35)17-4-7-23(31)36-15-17/h4,7,14-16,19-22,24-27,32-35H,5-6,8-13H2,1-3H3/t16-,19-,20+,21-,22+,24-,25+,26+,27-,28-,29+,30+/m0/s1. The summed E-state index contributed by atoms with van der Waals surface area (Å²) in [5.41, 5.74) is 0.991. The first kappa shape index (κ1) is 26.7. The van der Waals surface area contributed by atoms with E-state index in [2.05, 4.69) is 19.9 Å². The van der Waals surface area contributed by atoms with Crippen LogP contribution in [0.15, 0.2) is 39.3 Å². The Kier molecular flexibility index (Phi) is 6.49. The second kappa shape index (κ2) is 9.25. The third-order valence-corrected chi connectivity index (χ3v) is 11.5. The van der Waals surface area contributed by atoms with Gasteiger partial charge >= 0.3 is 5.63 Å². The lowest BCUT2D eigenvalue weighted by Gasteiger charge is -2.62. The lowest BCUT2D eigenvalue weighted by Crippen LogP contribution is -2.60. The predicted molar refractivity (Wildman–Crippen MR) is 138 cm³/mol. The minimum absolute atomic E-state index is 0.0213. The van der Waals surface area contributed by atoms with Crippen molar-refractivity contribution in [3.05, 3.63) is 46.0 Å². The van der Waals surface area contributed by atoms with Crippen molar-refractivity contribution in [3.8, 4) is 0 Å². The van der Waals surface area contributed by atoms with Crippen LogP contribution in [0.4, 0.5) is 0 Å². The molecule has 0 unspecified atom stereocenters. The largest absolute Gasteiger partial charge is 0.431 e. The van der Waals surface area contributed by atoms with Crippen LogP contribution < -0.4 is 5.63 Å². The highest BCUT2D eigenvalue weighted by atomic mass is 16.7. The fraction of sp³-hybridized carbons (Fsp3) is 0.767. The highest BCUT2D eigenvalue weighted by Crippen LogP contribution is 2.70. The van der Waals surface area contributed by atoms with E-state index in [1.165, 1.54) is 11.6 Å². The normalized spacial score (nSPS) is 50.5. The Labute approximate surface area is 223 Å². The van der Waals surface area contributed by atoms with Crippen LogP contribution in [0.25, 0.3) is 0 Å². The quantitative estimate of drug-likeness (QED) is 0.439. The Morgan fingerprint density at radius 3 is 2.47 bits per heavy atom. The molecule has 8 heteroatoms. The monoisotopic (exact) mass is 530 g/mol. The summed E-state index contributed by atoms with van der Waals surface area (Å²) >= 11 is 0. The average Bonchev–Trinajstić information content (AvgIpc) is 3.18. The first-order valence-corrected chi connectivity index (χ1v) is 14.4. The molecule has 0 radical (unpaired) electrons. The summed E-state index contributed by atoms with van der Waals surface area (Å²) < 4.78 is 17.0. The van der Waals surface area contributed by atoms with Crippen LogP contribution >= 0.6 is 0 Å². The van der Waals surface area contributed by atoms with E-state index in [0.717, 1.165) is 56.9 Å². The van der Waals surface area contributed by atoms with Gasteiger partial charge in [-0.15, -0.1) is 0 Å². The van der Waals surface area contributed by atoms with Crippen LogP contribution in [0.3, 0.4) is 0 Å². The van der Waals surface area contributed by atoms with Crippen molar-refractivity contribution in [1.29, 1.82) is 0 Å². The van der Waals surface area contributed by atoms with E-state index < -0.39 is 36.3 Å². The zero-order valence-electron chi connectivity index (χ0n) is 22.6. The van der Waals surface area contributed by atoms with Crippen molar-refractivity contribution in [2.24, 2.45) is 22.7 Å². The second-order valence-electron chi connectivity index (χ2n) is 13.1. The number of hydrogen-bond acceptors (Lipinski definition) is 8. The van der Waals surface area contributed by atoms with Crippen molar-refractivity contribution >= 4 is 0 Å². The molecule has 4 aliphatic carbocycles. The molecule has 1 aliphatic heterocycles. The maximum Gasteiger partial charge on any atom is 0.335 e. The molecule has 8 nitrogen and oxygen atoms in total. The van der Waals surface area contributed by atoms with Crippen molar-refractivity contribution < 1.29 is 34.3 Å². The first-order chi connectivity index (χ1) is 18.0. The van der Waals surface area contributed by atoms with E-state index in [0.29, 0.717) is 5.92 Å². The lowest BCUT2D eigenvalue weighted by atomic mass is 9.45. The van der Waals surface area contributed by atoms with Crippen LogP contribution in [-0.4, -0.2) is 62.8 Å². The summed E-state index contributed by atoms with van der Waals surface area (Å²) in [4.78, 5) is 11.5. The Morgan fingerprint density at radius 2 is 1.74 bits per heavy atom. The van der Waals surface area contributed by atoms with Crippen LogP contribution in [0.2, 0.25) is 0 Å². The van der Waals surface area contributed by atoms with E-state index in [1.807, 2.05) is 6.07 Å². The van der Waals surface area contributed by atoms with Gasteiger partial charge in [0.2, 0.25) is 0 Å². The topological polar surface area (TPSA) is 130 Å². The van der Waals surface area contributed by atoms with Gasteiger partial charge in [-0.1, -0.05) is 25.5 Å². The molecule has 6 rings (SSSR count). The molecule has 2 heterocycles. The maximum absolute atomic E-state index is 12.4. The molecule has 3 saturated carbocycles. The molecule has 0 aromatic carbocycles. The summed E-state index contributed by atoms with van der Waals surface area (Å²) in [6.07, 6.45) is 5.32. The molecule has 1 aromatic heterocycles. The second-order valence-corrected chi connectivity index (χ2v) is 13.1. The smallest absolute Gasteiger partial charge is 0.335 e. The summed E-state index contributed by atoms with van der Waals surface area (Å²) in [6.45, 7) is 6.26. The van der Waals surface area contributed by atoms with E-state index >= 15 is 0 Å². The molecule has 12 atom stereocenters. The highest BCUT2D eigenvalue weighted by Gasteiger charge is 2.66. The Balaban J connectivity index is 1.21. The fourth-order valence-electron chi connectivity index (χ4n) is 9.17. The van der Waals surface area contributed by atoms with E-state index in [1.54, 1.807) is 13.2 Å². The third kappa shape index (κ3) is 3.82. The number of allylic oxidation sites excluding steroid dienone is 1. The zero-order chi connectivity index (χ0) is 27.0. The highest BCUT2D eigenvalue weighted by molar-refractivity contribution is 5.31. The van der Waals surface area contributed by atoms with E-state index in [4.69, 9.17) is 13.9 Å². The van der Waals surface area contributed by atoms with Gasteiger partial charge in [0.05, 0.1) is 24.1 Å². The molecule has 1 aromatic rings. The number of ether oxygens (including phenoxy) is 2. The van der Waals surface area contributed by atoms with Gasteiger partial charge in [0, 0.05) is 11.5 Å². The molecule has 1 saturated heterocycles. The first-order valence-electron chi connectivity index (χ1n) is 14.4. The molecule has 0 bridgehead atoms. The van der Waals surface area contributed by atoms with Crippen molar-refractivity contribution in [1.82, 2.24) is 0 Å². The Bertz CT molecular complexity index is 1130.